The zero-order valence-electron chi connectivity index (χ0n) is 14.3. The Hall–Kier alpha value is -3.23. The molecule has 1 aliphatic heterocycles. The maximum atomic E-state index is 11.2. The molecule has 1 aliphatic rings. The molecule has 0 radical (unpaired) electrons. The summed E-state index contributed by atoms with van der Waals surface area (Å²) in [4.78, 5) is 25.9. The molecule has 0 aliphatic carbocycles. The minimum Gasteiger partial charge on any atom is -0.465 e. The number of carbonyl (C=O) groups is 1. The Bertz CT molecular complexity index is 955. The van der Waals surface area contributed by atoms with Gasteiger partial charge in [-0.3, -0.25) is 4.98 Å². The Labute approximate surface area is 149 Å². The minimum atomic E-state index is -0.879. The van der Waals surface area contributed by atoms with Crippen LogP contribution in [-0.2, 0) is 0 Å². The van der Waals surface area contributed by atoms with Crippen molar-refractivity contribution >= 4 is 17.4 Å². The third-order valence-electron chi connectivity index (χ3n) is 4.57. The first-order valence-electron chi connectivity index (χ1n) is 8.47. The van der Waals surface area contributed by atoms with Gasteiger partial charge in [0.2, 0.25) is 0 Å². The molecule has 3 aromatic rings. The van der Waals surface area contributed by atoms with Crippen molar-refractivity contribution in [2.45, 2.75) is 25.8 Å². The molecule has 4 heterocycles. The van der Waals surface area contributed by atoms with Gasteiger partial charge in [-0.25, -0.2) is 19.3 Å². The fraction of sp³-hybridized carbons (Fsp3) is 0.353. The van der Waals surface area contributed by atoms with Crippen LogP contribution in [-0.4, -0.2) is 59.8 Å². The molecule has 0 aromatic carbocycles. The van der Waals surface area contributed by atoms with Crippen LogP contribution in [0, 0.1) is 6.92 Å². The van der Waals surface area contributed by atoms with Crippen molar-refractivity contribution in [1.29, 1.82) is 0 Å². The molecule has 0 bridgehead atoms. The highest BCUT2D eigenvalue weighted by Crippen LogP contribution is 2.24. The number of likely N-dealkylation sites (tertiary alicyclic amines) is 1. The van der Waals surface area contributed by atoms with Gasteiger partial charge in [0.1, 0.15) is 5.82 Å². The van der Waals surface area contributed by atoms with Crippen LogP contribution in [0.5, 0.6) is 0 Å². The summed E-state index contributed by atoms with van der Waals surface area (Å²) >= 11 is 0. The smallest absolute Gasteiger partial charge is 0.407 e. The fourth-order valence-electron chi connectivity index (χ4n) is 3.19. The molecule has 134 valence electrons. The van der Waals surface area contributed by atoms with Crippen molar-refractivity contribution in [3.8, 4) is 11.4 Å². The van der Waals surface area contributed by atoms with Gasteiger partial charge in [0.15, 0.2) is 5.82 Å². The molecule has 26 heavy (non-hydrogen) atoms. The summed E-state index contributed by atoms with van der Waals surface area (Å²) < 4.78 is 1.73. The quantitative estimate of drug-likeness (QED) is 0.742. The van der Waals surface area contributed by atoms with Crippen LogP contribution in [0.15, 0.2) is 31.0 Å². The summed E-state index contributed by atoms with van der Waals surface area (Å²) in [5.74, 6) is 1.28. The van der Waals surface area contributed by atoms with E-state index in [1.807, 2.05) is 6.92 Å². The Kier molecular flexibility index (Phi) is 4.11. The molecule has 2 N–H and O–H groups in total. The van der Waals surface area contributed by atoms with Gasteiger partial charge < -0.3 is 15.3 Å². The van der Waals surface area contributed by atoms with E-state index >= 15 is 0 Å². The second-order valence-electron chi connectivity index (χ2n) is 6.40. The van der Waals surface area contributed by atoms with Gasteiger partial charge in [-0.2, -0.15) is 5.10 Å². The highest BCUT2D eigenvalue weighted by Gasteiger charge is 2.24. The predicted octanol–water partition coefficient (Wildman–Crippen LogP) is 2.05. The number of carboxylic acid groups (broad SMARTS) is 1. The molecular weight excluding hydrogens is 334 g/mol. The van der Waals surface area contributed by atoms with E-state index in [0.29, 0.717) is 18.9 Å². The molecule has 0 saturated carbocycles. The number of hydrogen-bond donors (Lipinski definition) is 2. The van der Waals surface area contributed by atoms with Crippen molar-refractivity contribution in [2.24, 2.45) is 0 Å². The second-order valence-corrected chi connectivity index (χ2v) is 6.40. The van der Waals surface area contributed by atoms with Crippen LogP contribution in [0.3, 0.4) is 0 Å². The fourth-order valence-corrected chi connectivity index (χ4v) is 3.19. The van der Waals surface area contributed by atoms with Crippen molar-refractivity contribution < 1.29 is 9.90 Å². The summed E-state index contributed by atoms with van der Waals surface area (Å²) in [5, 5.41) is 16.9. The second kappa shape index (κ2) is 6.58. The standard InChI is InChI=1S/C17H19N7O2/c1-11-7-19-16(13-8-20-24-6-4-18-9-14(13)24)22-15(11)21-12-3-2-5-23(10-12)17(25)26/h4,6-9,12H,2-3,5,10H2,1H3,(H,25,26)(H,19,21,22). The van der Waals surface area contributed by atoms with Crippen molar-refractivity contribution in [1.82, 2.24) is 29.5 Å². The first kappa shape index (κ1) is 16.2. The van der Waals surface area contributed by atoms with Gasteiger partial charge >= 0.3 is 6.09 Å². The van der Waals surface area contributed by atoms with E-state index in [2.05, 4.69) is 25.4 Å². The average molecular weight is 353 g/mol. The van der Waals surface area contributed by atoms with E-state index < -0.39 is 6.09 Å². The number of nitrogens with one attached hydrogen (secondary N) is 1. The molecular formula is C17H19N7O2. The van der Waals surface area contributed by atoms with Gasteiger partial charge in [-0.15, -0.1) is 0 Å². The lowest BCUT2D eigenvalue weighted by molar-refractivity contribution is 0.133. The number of nitrogens with zero attached hydrogens (tertiary/aromatic N) is 6. The summed E-state index contributed by atoms with van der Waals surface area (Å²) in [6.07, 6.45) is 9.52. The lowest BCUT2D eigenvalue weighted by Gasteiger charge is -2.31. The molecule has 1 unspecified atom stereocenters. The zero-order valence-corrected chi connectivity index (χ0v) is 14.3. The van der Waals surface area contributed by atoms with Crippen LogP contribution in [0.25, 0.3) is 16.9 Å². The molecule has 1 fully saturated rings. The number of hydrogen-bond acceptors (Lipinski definition) is 6. The molecule has 3 aromatic heterocycles. The number of aromatic nitrogens is 5. The van der Waals surface area contributed by atoms with Crippen molar-refractivity contribution in [2.75, 3.05) is 18.4 Å². The van der Waals surface area contributed by atoms with Crippen molar-refractivity contribution in [3.63, 3.8) is 0 Å². The Morgan fingerprint density at radius 3 is 3.08 bits per heavy atom. The maximum Gasteiger partial charge on any atom is 0.407 e. The van der Waals surface area contributed by atoms with Crippen molar-refractivity contribution in [3.05, 3.63) is 36.5 Å². The number of anilines is 1. The summed E-state index contributed by atoms with van der Waals surface area (Å²) in [6, 6.07) is 0.0341. The number of rotatable bonds is 3. The minimum absolute atomic E-state index is 0.0341. The van der Waals surface area contributed by atoms with Gasteiger partial charge in [-0.1, -0.05) is 0 Å². The van der Waals surface area contributed by atoms with E-state index in [-0.39, 0.29) is 6.04 Å². The van der Waals surface area contributed by atoms with Gasteiger partial charge in [0.25, 0.3) is 0 Å². The summed E-state index contributed by atoms with van der Waals surface area (Å²) in [5.41, 5.74) is 2.55. The SMILES string of the molecule is Cc1cnc(-c2cnn3ccncc23)nc1NC1CCCN(C(=O)O)C1. The Balaban J connectivity index is 1.61. The van der Waals surface area contributed by atoms with E-state index in [1.54, 1.807) is 35.5 Å². The van der Waals surface area contributed by atoms with E-state index in [4.69, 9.17) is 0 Å². The van der Waals surface area contributed by atoms with Crippen LogP contribution in [0.4, 0.5) is 10.6 Å². The Morgan fingerprint density at radius 1 is 1.35 bits per heavy atom. The zero-order chi connectivity index (χ0) is 18.1. The largest absolute Gasteiger partial charge is 0.465 e. The normalized spacial score (nSPS) is 17.4. The molecule has 0 spiro atoms. The van der Waals surface area contributed by atoms with Gasteiger partial charge in [0, 0.05) is 43.3 Å². The lowest BCUT2D eigenvalue weighted by Crippen LogP contribution is -2.44. The first-order valence-corrected chi connectivity index (χ1v) is 8.47. The molecule has 1 saturated heterocycles. The number of amides is 1. The van der Waals surface area contributed by atoms with Crippen LogP contribution in [0.1, 0.15) is 18.4 Å². The predicted molar refractivity (Wildman–Crippen MR) is 95.0 cm³/mol. The molecule has 9 heteroatoms. The lowest BCUT2D eigenvalue weighted by atomic mass is 10.1. The Morgan fingerprint density at radius 2 is 2.23 bits per heavy atom. The topological polar surface area (TPSA) is 109 Å². The maximum absolute atomic E-state index is 11.2. The molecule has 1 atom stereocenters. The molecule has 4 rings (SSSR count). The highest BCUT2D eigenvalue weighted by atomic mass is 16.4. The van der Waals surface area contributed by atoms with E-state index in [9.17, 15) is 9.90 Å². The number of fused-ring (bicyclic) bond motifs is 1. The number of piperidine rings is 1. The first-order chi connectivity index (χ1) is 12.6. The summed E-state index contributed by atoms with van der Waals surface area (Å²) in [6.45, 7) is 2.97. The highest BCUT2D eigenvalue weighted by molar-refractivity contribution is 5.75. The van der Waals surface area contributed by atoms with Gasteiger partial charge in [-0.05, 0) is 19.8 Å². The molecule has 1 amide bonds. The number of aryl methyl sites for hydroxylation is 1. The monoisotopic (exact) mass is 353 g/mol. The van der Waals surface area contributed by atoms with Gasteiger partial charge in [0.05, 0.1) is 23.5 Å². The van der Waals surface area contributed by atoms with E-state index in [0.717, 1.165) is 35.3 Å². The third-order valence-corrected chi connectivity index (χ3v) is 4.57. The third kappa shape index (κ3) is 3.03. The summed E-state index contributed by atoms with van der Waals surface area (Å²) in [7, 11) is 0. The van der Waals surface area contributed by atoms with Crippen LogP contribution in [0.2, 0.25) is 0 Å². The van der Waals surface area contributed by atoms with Crippen LogP contribution < -0.4 is 5.32 Å². The van der Waals surface area contributed by atoms with Crippen LogP contribution >= 0.6 is 0 Å². The molecule has 9 nitrogen and oxygen atoms in total. The average Bonchev–Trinajstić information content (AvgIpc) is 3.08. The van der Waals surface area contributed by atoms with E-state index in [1.165, 1.54) is 4.90 Å².